The number of alkyl halides is 3. The fourth-order valence-electron chi connectivity index (χ4n) is 1.67. The zero-order valence-corrected chi connectivity index (χ0v) is 14.1. The number of hydrogen-bond donors (Lipinski definition) is 1. The number of hydrogen-bond acceptors (Lipinski definition) is 3. The topological polar surface area (TPSA) is 41.6 Å². The molecule has 0 atom stereocenters. The van der Waals surface area contributed by atoms with Crippen LogP contribution in [0.4, 0.5) is 18.9 Å². The van der Waals surface area contributed by atoms with Crippen LogP contribution in [0.1, 0.15) is 0 Å². The van der Waals surface area contributed by atoms with Crippen LogP contribution < -0.4 is 5.32 Å². The monoisotopic (exact) mass is 402 g/mol. The summed E-state index contributed by atoms with van der Waals surface area (Å²) in [4.78, 5) is 12.8. The Morgan fingerprint density at radius 1 is 1.45 bits per heavy atom. The first-order chi connectivity index (χ1) is 10.2. The van der Waals surface area contributed by atoms with Gasteiger partial charge >= 0.3 is 6.18 Å². The molecule has 0 fully saturated rings. The molecule has 1 amide bonds. The maximum atomic E-state index is 12.5. The first kappa shape index (κ1) is 19.2. The zero-order valence-electron chi connectivity index (χ0n) is 11.7. The van der Waals surface area contributed by atoms with Gasteiger partial charge < -0.3 is 10.1 Å². The van der Waals surface area contributed by atoms with Gasteiger partial charge in [0, 0.05) is 18.1 Å². The van der Waals surface area contributed by atoms with Gasteiger partial charge in [0.1, 0.15) is 0 Å². The summed E-state index contributed by atoms with van der Waals surface area (Å²) < 4.78 is 42.9. The van der Waals surface area contributed by atoms with Gasteiger partial charge in [-0.05, 0) is 18.2 Å². The zero-order chi connectivity index (χ0) is 16.8. The molecule has 0 aromatic heterocycles. The molecule has 0 radical (unpaired) electrons. The van der Waals surface area contributed by atoms with Gasteiger partial charge in [-0.1, -0.05) is 27.5 Å². The van der Waals surface area contributed by atoms with Crippen molar-refractivity contribution in [3.63, 3.8) is 0 Å². The van der Waals surface area contributed by atoms with E-state index in [4.69, 9.17) is 16.3 Å². The van der Waals surface area contributed by atoms with E-state index in [0.29, 0.717) is 10.7 Å². The predicted molar refractivity (Wildman–Crippen MR) is 82.2 cm³/mol. The molecule has 0 saturated heterocycles. The van der Waals surface area contributed by atoms with Crippen LogP contribution in [-0.2, 0) is 9.53 Å². The molecule has 1 rings (SSSR count). The number of ether oxygens (including phenoxy) is 1. The third kappa shape index (κ3) is 7.44. The van der Waals surface area contributed by atoms with Crippen LogP contribution in [0.3, 0.4) is 0 Å². The van der Waals surface area contributed by atoms with Crippen molar-refractivity contribution < 1.29 is 22.7 Å². The number of rotatable bonds is 7. The van der Waals surface area contributed by atoms with Gasteiger partial charge in [-0.25, -0.2) is 0 Å². The van der Waals surface area contributed by atoms with Crippen LogP contribution in [0.25, 0.3) is 0 Å². The Morgan fingerprint density at radius 3 is 2.68 bits per heavy atom. The minimum Gasteiger partial charge on any atom is -0.383 e. The number of carbonyl (C=O) groups excluding carboxylic acids is 1. The van der Waals surface area contributed by atoms with E-state index in [-0.39, 0.29) is 13.2 Å². The second-order valence-electron chi connectivity index (χ2n) is 4.49. The van der Waals surface area contributed by atoms with E-state index >= 15 is 0 Å². The summed E-state index contributed by atoms with van der Waals surface area (Å²) in [6.07, 6.45) is -4.39. The normalized spacial score (nSPS) is 11.8. The van der Waals surface area contributed by atoms with Crippen molar-refractivity contribution in [1.82, 2.24) is 4.90 Å². The summed E-state index contributed by atoms with van der Waals surface area (Å²) in [6, 6.07) is 4.81. The largest absolute Gasteiger partial charge is 0.401 e. The fraction of sp³-hybridized carbons (Fsp3) is 0.462. The third-order valence-electron chi connectivity index (χ3n) is 2.59. The Balaban J connectivity index is 2.65. The summed E-state index contributed by atoms with van der Waals surface area (Å²) in [5.74, 6) is -0.579. The second-order valence-corrected chi connectivity index (χ2v) is 5.81. The molecular formula is C13H15BrClF3N2O2. The highest BCUT2D eigenvalue weighted by atomic mass is 79.9. The van der Waals surface area contributed by atoms with Crippen molar-refractivity contribution in [1.29, 1.82) is 0 Å². The van der Waals surface area contributed by atoms with Crippen LogP contribution in [0.5, 0.6) is 0 Å². The van der Waals surface area contributed by atoms with E-state index in [1.807, 2.05) is 0 Å². The molecule has 22 heavy (non-hydrogen) atoms. The van der Waals surface area contributed by atoms with E-state index in [1.54, 1.807) is 18.2 Å². The molecule has 0 aliphatic rings. The maximum Gasteiger partial charge on any atom is 0.401 e. The first-order valence-electron chi connectivity index (χ1n) is 6.24. The number of nitrogens with zero attached hydrogens (tertiary/aromatic N) is 1. The molecule has 124 valence electrons. The highest BCUT2D eigenvalue weighted by Gasteiger charge is 2.31. The van der Waals surface area contributed by atoms with Crippen LogP contribution in [0.15, 0.2) is 22.7 Å². The molecule has 1 aromatic rings. The Labute approximate surface area is 139 Å². The lowest BCUT2D eigenvalue weighted by molar-refractivity contribution is -0.149. The lowest BCUT2D eigenvalue weighted by atomic mass is 10.3. The van der Waals surface area contributed by atoms with Gasteiger partial charge in [-0.15, -0.1) is 0 Å². The lowest BCUT2D eigenvalue weighted by Gasteiger charge is -2.22. The third-order valence-corrected chi connectivity index (χ3v) is 3.39. The highest BCUT2D eigenvalue weighted by molar-refractivity contribution is 9.10. The number of benzene rings is 1. The van der Waals surface area contributed by atoms with E-state index in [9.17, 15) is 18.0 Å². The first-order valence-corrected chi connectivity index (χ1v) is 7.41. The summed E-state index contributed by atoms with van der Waals surface area (Å²) in [7, 11) is 1.38. The van der Waals surface area contributed by atoms with Gasteiger partial charge in [0.25, 0.3) is 0 Å². The average molecular weight is 404 g/mol. The number of amides is 1. The Morgan fingerprint density at radius 2 is 2.14 bits per heavy atom. The van der Waals surface area contributed by atoms with Gasteiger partial charge in [0.15, 0.2) is 0 Å². The standard InChI is InChI=1S/C13H15BrClF3N2O2/c1-22-5-4-20(8-13(16,17)18)7-12(21)19-11-3-2-9(14)6-10(11)15/h2-3,6H,4-5,7-8H2,1H3,(H,19,21). The molecule has 0 heterocycles. The van der Waals surface area contributed by atoms with Crippen molar-refractivity contribution in [2.75, 3.05) is 38.7 Å². The number of anilines is 1. The summed E-state index contributed by atoms with van der Waals surface area (Å²) in [5, 5.41) is 2.78. The summed E-state index contributed by atoms with van der Waals surface area (Å²) in [6.45, 7) is -1.49. The maximum absolute atomic E-state index is 12.5. The van der Waals surface area contributed by atoms with Crippen molar-refractivity contribution in [3.05, 3.63) is 27.7 Å². The molecule has 9 heteroatoms. The smallest absolute Gasteiger partial charge is 0.383 e. The van der Waals surface area contributed by atoms with Crippen LogP contribution in [-0.4, -0.2) is 50.3 Å². The number of halogens is 5. The molecule has 4 nitrogen and oxygen atoms in total. The Hall–Kier alpha value is -0.830. The van der Waals surface area contributed by atoms with Crippen molar-refractivity contribution in [3.8, 4) is 0 Å². The molecule has 0 aliphatic carbocycles. The predicted octanol–water partition coefficient (Wildman–Crippen LogP) is 3.55. The van der Waals surface area contributed by atoms with Gasteiger partial charge in [0.2, 0.25) is 5.91 Å². The summed E-state index contributed by atoms with van der Waals surface area (Å²) >= 11 is 9.16. The molecule has 0 aliphatic heterocycles. The molecule has 1 N–H and O–H groups in total. The SMILES string of the molecule is COCCN(CC(=O)Nc1ccc(Br)cc1Cl)CC(F)(F)F. The Kier molecular flexibility index (Phi) is 7.61. The minimum absolute atomic E-state index is 0.00248. The second kappa shape index (κ2) is 8.71. The Bertz CT molecular complexity index is 515. The van der Waals surface area contributed by atoms with E-state index < -0.39 is 25.2 Å². The lowest BCUT2D eigenvalue weighted by Crippen LogP contribution is -2.41. The minimum atomic E-state index is -4.39. The van der Waals surface area contributed by atoms with E-state index in [2.05, 4.69) is 21.2 Å². The molecule has 0 spiro atoms. The van der Waals surface area contributed by atoms with Gasteiger partial charge in [-0.2, -0.15) is 13.2 Å². The number of nitrogens with one attached hydrogen (secondary N) is 1. The van der Waals surface area contributed by atoms with Gasteiger partial charge in [0.05, 0.1) is 30.4 Å². The van der Waals surface area contributed by atoms with Crippen LogP contribution >= 0.6 is 27.5 Å². The van der Waals surface area contributed by atoms with Crippen molar-refractivity contribution in [2.24, 2.45) is 0 Å². The van der Waals surface area contributed by atoms with Gasteiger partial charge in [-0.3, -0.25) is 9.69 Å². The van der Waals surface area contributed by atoms with E-state index in [0.717, 1.165) is 9.37 Å². The van der Waals surface area contributed by atoms with Crippen LogP contribution in [0, 0.1) is 0 Å². The van der Waals surface area contributed by atoms with Crippen LogP contribution in [0.2, 0.25) is 5.02 Å². The quantitative estimate of drug-likeness (QED) is 0.757. The van der Waals surface area contributed by atoms with Crippen molar-refractivity contribution >= 4 is 39.1 Å². The molecule has 1 aromatic carbocycles. The molecule has 0 saturated carbocycles. The van der Waals surface area contributed by atoms with E-state index in [1.165, 1.54) is 7.11 Å². The summed E-state index contributed by atoms with van der Waals surface area (Å²) in [5.41, 5.74) is 0.341. The highest BCUT2D eigenvalue weighted by Crippen LogP contribution is 2.25. The average Bonchev–Trinajstić information content (AvgIpc) is 2.37. The molecular weight excluding hydrogens is 389 g/mol. The fourth-order valence-corrected chi connectivity index (χ4v) is 2.39. The number of carbonyl (C=O) groups is 1. The van der Waals surface area contributed by atoms with Crippen molar-refractivity contribution in [2.45, 2.75) is 6.18 Å². The molecule has 0 bridgehead atoms. The molecule has 0 unspecified atom stereocenters. The number of methoxy groups -OCH3 is 1.